The molecule has 0 amide bonds. The van der Waals surface area contributed by atoms with Crippen LogP contribution < -0.4 is 0 Å². The monoisotopic (exact) mass is 414 g/mol. The van der Waals surface area contributed by atoms with Crippen LogP contribution in [-0.4, -0.2) is 40.3 Å². The van der Waals surface area contributed by atoms with Gasteiger partial charge in [-0.05, 0) is 93.4 Å². The van der Waals surface area contributed by atoms with Crippen molar-refractivity contribution in [1.82, 2.24) is 14.5 Å². The van der Waals surface area contributed by atoms with Crippen LogP contribution in [0.2, 0.25) is 0 Å². The van der Waals surface area contributed by atoms with E-state index in [-0.39, 0.29) is 0 Å². The first-order chi connectivity index (χ1) is 15.1. The molecule has 1 aromatic heterocycles. The minimum absolute atomic E-state index is 0.574. The normalized spacial score (nSPS) is 18.7. The van der Waals surface area contributed by atoms with Crippen LogP contribution >= 0.6 is 0 Å². The summed E-state index contributed by atoms with van der Waals surface area (Å²) in [6.07, 6.45) is 5.15. The zero-order valence-corrected chi connectivity index (χ0v) is 19.1. The molecule has 0 atom stereocenters. The van der Waals surface area contributed by atoms with Crippen LogP contribution in [0.5, 0.6) is 0 Å². The van der Waals surface area contributed by atoms with Crippen molar-refractivity contribution in [3.63, 3.8) is 0 Å². The van der Waals surface area contributed by atoms with Crippen molar-refractivity contribution in [1.29, 1.82) is 0 Å². The van der Waals surface area contributed by atoms with Crippen LogP contribution in [0.15, 0.2) is 47.5 Å². The van der Waals surface area contributed by atoms with E-state index in [1.165, 1.54) is 59.2 Å². The van der Waals surface area contributed by atoms with E-state index in [9.17, 15) is 0 Å². The molecule has 2 aliphatic rings. The molecule has 1 saturated carbocycles. The third-order valence-electron chi connectivity index (χ3n) is 7.21. The molecular weight excluding hydrogens is 380 g/mol. The van der Waals surface area contributed by atoms with Gasteiger partial charge in [-0.15, -0.1) is 0 Å². The molecule has 0 radical (unpaired) electrons. The van der Waals surface area contributed by atoms with Gasteiger partial charge in [0.05, 0.1) is 11.0 Å². The highest BCUT2D eigenvalue weighted by Gasteiger charge is 2.29. The van der Waals surface area contributed by atoms with E-state index in [0.717, 1.165) is 37.8 Å². The van der Waals surface area contributed by atoms with Crippen molar-refractivity contribution in [3.05, 3.63) is 65.0 Å². The molecule has 31 heavy (non-hydrogen) atoms. The number of nitrogens with zero attached hydrogens (tertiary/aromatic N) is 4. The summed E-state index contributed by atoms with van der Waals surface area (Å²) in [6, 6.07) is 15.5. The maximum Gasteiger partial charge on any atom is 0.113 e. The Kier molecular flexibility index (Phi) is 5.66. The Morgan fingerprint density at radius 3 is 2.58 bits per heavy atom. The molecule has 2 heterocycles. The number of rotatable bonds is 6. The SMILES string of the molecule is CN=C(C)c1cc(CN2CCC(c3nc4ccccc4n3CC3CC3)CC2)ccc1C. The molecular formula is C27H34N4. The summed E-state index contributed by atoms with van der Waals surface area (Å²) in [5.74, 6) is 2.77. The Morgan fingerprint density at radius 2 is 1.84 bits per heavy atom. The van der Waals surface area contributed by atoms with Gasteiger partial charge in [-0.25, -0.2) is 4.98 Å². The highest BCUT2D eigenvalue weighted by Crippen LogP contribution is 2.36. The van der Waals surface area contributed by atoms with Gasteiger partial charge in [-0.3, -0.25) is 9.89 Å². The highest BCUT2D eigenvalue weighted by atomic mass is 15.1. The van der Waals surface area contributed by atoms with E-state index in [4.69, 9.17) is 4.98 Å². The summed E-state index contributed by atoms with van der Waals surface area (Å²) >= 11 is 0. The van der Waals surface area contributed by atoms with E-state index >= 15 is 0 Å². The predicted molar refractivity (Wildman–Crippen MR) is 129 cm³/mol. The third-order valence-corrected chi connectivity index (χ3v) is 7.21. The second-order valence-electron chi connectivity index (χ2n) is 9.52. The molecule has 2 aromatic carbocycles. The topological polar surface area (TPSA) is 33.4 Å². The zero-order valence-electron chi connectivity index (χ0n) is 19.1. The Balaban J connectivity index is 1.29. The van der Waals surface area contributed by atoms with E-state index in [0.29, 0.717) is 5.92 Å². The van der Waals surface area contributed by atoms with Crippen molar-refractivity contribution in [2.24, 2.45) is 10.9 Å². The first-order valence-electron chi connectivity index (χ1n) is 11.8. The summed E-state index contributed by atoms with van der Waals surface area (Å²) in [7, 11) is 1.88. The van der Waals surface area contributed by atoms with Gasteiger partial charge in [0.2, 0.25) is 0 Å². The minimum atomic E-state index is 0.574. The van der Waals surface area contributed by atoms with Crippen molar-refractivity contribution >= 4 is 16.7 Å². The fraction of sp³-hybridized carbons (Fsp3) is 0.481. The van der Waals surface area contributed by atoms with Gasteiger partial charge in [0, 0.05) is 31.8 Å². The number of para-hydroxylation sites is 2. The molecule has 162 valence electrons. The molecule has 0 spiro atoms. The molecule has 1 saturated heterocycles. The second kappa shape index (κ2) is 8.58. The molecule has 1 aliphatic heterocycles. The molecule has 1 aliphatic carbocycles. The van der Waals surface area contributed by atoms with Crippen molar-refractivity contribution in [2.75, 3.05) is 20.1 Å². The third kappa shape index (κ3) is 4.31. The number of imidazole rings is 1. The number of hydrogen-bond donors (Lipinski definition) is 0. The Hall–Kier alpha value is -2.46. The van der Waals surface area contributed by atoms with Crippen LogP contribution in [0.3, 0.4) is 0 Å². The molecule has 4 nitrogen and oxygen atoms in total. The summed E-state index contributed by atoms with van der Waals surface area (Å²) in [5, 5.41) is 0. The maximum atomic E-state index is 5.11. The lowest BCUT2D eigenvalue weighted by Gasteiger charge is -2.32. The zero-order chi connectivity index (χ0) is 21.4. The number of benzene rings is 2. The lowest BCUT2D eigenvalue weighted by molar-refractivity contribution is 0.200. The lowest BCUT2D eigenvalue weighted by Crippen LogP contribution is -2.33. The number of aliphatic imine (C=N–C) groups is 1. The Bertz CT molecular complexity index is 1100. The number of hydrogen-bond acceptors (Lipinski definition) is 3. The number of piperidine rings is 1. The molecule has 5 rings (SSSR count). The number of aryl methyl sites for hydroxylation is 1. The van der Waals surface area contributed by atoms with E-state index in [1.54, 1.807) is 0 Å². The van der Waals surface area contributed by atoms with Crippen molar-refractivity contribution in [3.8, 4) is 0 Å². The first-order valence-corrected chi connectivity index (χ1v) is 11.8. The molecule has 0 bridgehead atoms. The smallest absolute Gasteiger partial charge is 0.113 e. The van der Waals surface area contributed by atoms with E-state index in [1.807, 2.05) is 7.05 Å². The number of aromatic nitrogens is 2. The van der Waals surface area contributed by atoms with Crippen molar-refractivity contribution in [2.45, 2.75) is 58.5 Å². The molecule has 0 unspecified atom stereocenters. The molecule has 4 heteroatoms. The molecule has 2 fully saturated rings. The number of fused-ring (bicyclic) bond motifs is 1. The maximum absolute atomic E-state index is 5.11. The second-order valence-corrected chi connectivity index (χ2v) is 9.52. The first kappa shape index (κ1) is 20.4. The van der Waals surface area contributed by atoms with Gasteiger partial charge < -0.3 is 4.57 Å². The van der Waals surface area contributed by atoms with E-state index < -0.39 is 0 Å². The fourth-order valence-corrected chi connectivity index (χ4v) is 5.04. The van der Waals surface area contributed by atoms with Gasteiger partial charge in [-0.2, -0.15) is 0 Å². The summed E-state index contributed by atoms with van der Waals surface area (Å²) in [6.45, 7) is 8.73. The summed E-state index contributed by atoms with van der Waals surface area (Å²) in [5.41, 5.74) is 7.59. The summed E-state index contributed by atoms with van der Waals surface area (Å²) < 4.78 is 2.55. The van der Waals surface area contributed by atoms with E-state index in [2.05, 4.69) is 70.8 Å². The van der Waals surface area contributed by atoms with Crippen LogP contribution in [0, 0.1) is 12.8 Å². The summed E-state index contributed by atoms with van der Waals surface area (Å²) in [4.78, 5) is 12.1. The van der Waals surface area contributed by atoms with Crippen LogP contribution in [-0.2, 0) is 13.1 Å². The number of likely N-dealkylation sites (tertiary alicyclic amines) is 1. The Morgan fingerprint density at radius 1 is 1.06 bits per heavy atom. The Labute approximate surface area is 186 Å². The highest BCUT2D eigenvalue weighted by molar-refractivity contribution is 6.00. The van der Waals surface area contributed by atoms with Gasteiger partial charge in [0.1, 0.15) is 5.82 Å². The average Bonchev–Trinajstić information content (AvgIpc) is 3.55. The fourth-order valence-electron chi connectivity index (χ4n) is 5.04. The largest absolute Gasteiger partial charge is 0.327 e. The van der Waals surface area contributed by atoms with Gasteiger partial charge in [-0.1, -0.05) is 24.3 Å². The quantitative estimate of drug-likeness (QED) is 0.494. The van der Waals surface area contributed by atoms with Crippen LogP contribution in [0.4, 0.5) is 0 Å². The van der Waals surface area contributed by atoms with Gasteiger partial charge >= 0.3 is 0 Å². The molecule has 0 N–H and O–H groups in total. The standard InChI is InChI=1S/C27H34N4/c1-19-8-9-22(16-24(19)20(2)28-3)17-30-14-12-23(13-15-30)27-29-25-6-4-5-7-26(25)31(27)18-21-10-11-21/h4-9,16,21,23H,10-15,17-18H2,1-3H3. The lowest BCUT2D eigenvalue weighted by atomic mass is 9.95. The van der Waals surface area contributed by atoms with Crippen molar-refractivity contribution < 1.29 is 0 Å². The van der Waals surface area contributed by atoms with Gasteiger partial charge in [0.15, 0.2) is 0 Å². The van der Waals surface area contributed by atoms with Crippen LogP contribution in [0.25, 0.3) is 11.0 Å². The molecule has 3 aromatic rings. The predicted octanol–water partition coefficient (Wildman–Crippen LogP) is 5.57. The van der Waals surface area contributed by atoms with Gasteiger partial charge in [0.25, 0.3) is 0 Å². The van der Waals surface area contributed by atoms with Crippen LogP contribution in [0.1, 0.15) is 61.0 Å². The average molecular weight is 415 g/mol. The minimum Gasteiger partial charge on any atom is -0.327 e.